The van der Waals surface area contributed by atoms with Crippen LogP contribution in [0, 0.1) is 0 Å². The Kier molecular flexibility index (Phi) is 4.36. The molecule has 1 aliphatic rings. The summed E-state index contributed by atoms with van der Waals surface area (Å²) in [7, 11) is 0. The Labute approximate surface area is 108 Å². The van der Waals surface area contributed by atoms with Crippen LogP contribution in [0.25, 0.3) is 0 Å². The normalized spacial score (nSPS) is 20.9. The quantitative estimate of drug-likeness (QED) is 0.867. The van der Waals surface area contributed by atoms with Gasteiger partial charge in [0.15, 0.2) is 0 Å². The summed E-state index contributed by atoms with van der Waals surface area (Å²) in [5.74, 6) is 0.0699. The molecule has 0 aromatic carbocycles. The van der Waals surface area contributed by atoms with E-state index in [1.54, 1.807) is 6.92 Å². The van der Waals surface area contributed by atoms with E-state index >= 15 is 0 Å². The number of piperidine rings is 1. The van der Waals surface area contributed by atoms with Crippen LogP contribution in [0.5, 0.6) is 0 Å². The standard InChI is InChI=1S/C13H22N4O/c1-3-17-10-14-7-13(17)9-16-6-4-5-12(8-16)15-11(2)18/h7,10,12H,3-6,8-9H2,1-2H3,(H,15,18). The van der Waals surface area contributed by atoms with Crippen molar-refractivity contribution in [1.29, 1.82) is 0 Å². The third-order valence-electron chi connectivity index (χ3n) is 3.44. The van der Waals surface area contributed by atoms with E-state index < -0.39 is 0 Å². The molecule has 1 saturated heterocycles. The van der Waals surface area contributed by atoms with E-state index in [9.17, 15) is 4.79 Å². The average molecular weight is 250 g/mol. The second kappa shape index (κ2) is 6.00. The van der Waals surface area contributed by atoms with Gasteiger partial charge in [0.05, 0.1) is 12.0 Å². The maximum absolute atomic E-state index is 11.1. The van der Waals surface area contributed by atoms with Crippen molar-refractivity contribution in [2.24, 2.45) is 0 Å². The van der Waals surface area contributed by atoms with Crippen molar-refractivity contribution < 1.29 is 4.79 Å². The van der Waals surface area contributed by atoms with E-state index in [0.29, 0.717) is 6.04 Å². The summed E-state index contributed by atoms with van der Waals surface area (Å²) >= 11 is 0. The number of aryl methyl sites for hydroxylation is 1. The SMILES string of the molecule is CCn1cncc1CN1CCCC(NC(C)=O)C1. The summed E-state index contributed by atoms with van der Waals surface area (Å²) in [6.45, 7) is 7.63. The largest absolute Gasteiger partial charge is 0.352 e. The van der Waals surface area contributed by atoms with Crippen LogP contribution in [-0.2, 0) is 17.9 Å². The molecule has 2 heterocycles. The average Bonchev–Trinajstić information content (AvgIpc) is 2.76. The third kappa shape index (κ3) is 3.32. The Balaban J connectivity index is 1.91. The van der Waals surface area contributed by atoms with Gasteiger partial charge in [-0.1, -0.05) is 0 Å². The monoisotopic (exact) mass is 250 g/mol. The van der Waals surface area contributed by atoms with Gasteiger partial charge in [-0.05, 0) is 26.3 Å². The van der Waals surface area contributed by atoms with Crippen molar-refractivity contribution in [3.63, 3.8) is 0 Å². The molecule has 1 unspecified atom stereocenters. The first kappa shape index (κ1) is 13.1. The molecule has 0 bridgehead atoms. The molecule has 0 aliphatic carbocycles. The lowest BCUT2D eigenvalue weighted by atomic mass is 10.1. The summed E-state index contributed by atoms with van der Waals surface area (Å²) in [6, 6.07) is 0.300. The van der Waals surface area contributed by atoms with Crippen molar-refractivity contribution in [3.8, 4) is 0 Å². The number of likely N-dealkylation sites (tertiary alicyclic amines) is 1. The smallest absolute Gasteiger partial charge is 0.217 e. The minimum absolute atomic E-state index is 0.0699. The second-order valence-electron chi connectivity index (χ2n) is 4.95. The highest BCUT2D eigenvalue weighted by atomic mass is 16.1. The number of nitrogens with one attached hydrogen (secondary N) is 1. The molecule has 0 spiro atoms. The molecule has 2 rings (SSSR count). The first-order chi connectivity index (χ1) is 8.69. The fourth-order valence-electron chi connectivity index (χ4n) is 2.60. The van der Waals surface area contributed by atoms with Gasteiger partial charge in [-0.15, -0.1) is 0 Å². The summed E-state index contributed by atoms with van der Waals surface area (Å²) in [6.07, 6.45) is 6.05. The molecule has 0 saturated carbocycles. The Morgan fingerprint density at radius 2 is 2.44 bits per heavy atom. The lowest BCUT2D eigenvalue weighted by Crippen LogP contribution is -2.46. The van der Waals surface area contributed by atoms with Crippen LogP contribution in [0.4, 0.5) is 0 Å². The molecule has 1 aromatic rings. The van der Waals surface area contributed by atoms with Crippen LogP contribution < -0.4 is 5.32 Å². The Morgan fingerprint density at radius 1 is 1.61 bits per heavy atom. The van der Waals surface area contributed by atoms with Crippen molar-refractivity contribution in [2.45, 2.75) is 45.8 Å². The van der Waals surface area contributed by atoms with Crippen molar-refractivity contribution in [1.82, 2.24) is 19.8 Å². The van der Waals surface area contributed by atoms with Crippen LogP contribution in [0.15, 0.2) is 12.5 Å². The molecule has 1 N–H and O–H groups in total. The number of rotatable bonds is 4. The van der Waals surface area contributed by atoms with Crippen LogP contribution in [0.2, 0.25) is 0 Å². The van der Waals surface area contributed by atoms with Gasteiger partial charge < -0.3 is 9.88 Å². The molecule has 1 amide bonds. The maximum Gasteiger partial charge on any atom is 0.217 e. The van der Waals surface area contributed by atoms with Gasteiger partial charge >= 0.3 is 0 Å². The number of aromatic nitrogens is 2. The fourth-order valence-corrected chi connectivity index (χ4v) is 2.60. The van der Waals surface area contributed by atoms with Crippen molar-refractivity contribution >= 4 is 5.91 Å². The summed E-state index contributed by atoms with van der Waals surface area (Å²) < 4.78 is 2.17. The number of nitrogens with zero attached hydrogens (tertiary/aromatic N) is 3. The van der Waals surface area contributed by atoms with Crippen LogP contribution >= 0.6 is 0 Å². The molecule has 1 aliphatic heterocycles. The minimum Gasteiger partial charge on any atom is -0.352 e. The minimum atomic E-state index is 0.0699. The molecule has 1 atom stereocenters. The zero-order valence-electron chi connectivity index (χ0n) is 11.2. The number of carbonyl (C=O) groups excluding carboxylic acids is 1. The molecular weight excluding hydrogens is 228 g/mol. The van der Waals surface area contributed by atoms with Gasteiger partial charge in [0, 0.05) is 38.8 Å². The Hall–Kier alpha value is -1.36. The topological polar surface area (TPSA) is 50.2 Å². The van der Waals surface area contributed by atoms with Gasteiger partial charge in [-0.25, -0.2) is 4.98 Å². The molecule has 1 fully saturated rings. The van der Waals surface area contributed by atoms with E-state index in [1.807, 2.05) is 12.5 Å². The Bertz CT molecular complexity index is 401. The van der Waals surface area contributed by atoms with E-state index in [4.69, 9.17) is 0 Å². The number of hydrogen-bond acceptors (Lipinski definition) is 3. The number of imidazole rings is 1. The lowest BCUT2D eigenvalue weighted by molar-refractivity contribution is -0.120. The predicted octanol–water partition coefficient (Wildman–Crippen LogP) is 1.00. The highest BCUT2D eigenvalue weighted by Gasteiger charge is 2.21. The number of carbonyl (C=O) groups is 1. The lowest BCUT2D eigenvalue weighted by Gasteiger charge is -2.32. The van der Waals surface area contributed by atoms with E-state index in [0.717, 1.165) is 39.0 Å². The molecule has 1 aromatic heterocycles. The molecule has 5 nitrogen and oxygen atoms in total. The second-order valence-corrected chi connectivity index (χ2v) is 4.95. The first-order valence-electron chi connectivity index (χ1n) is 6.67. The molecule has 5 heteroatoms. The predicted molar refractivity (Wildman–Crippen MR) is 70.0 cm³/mol. The fraction of sp³-hybridized carbons (Fsp3) is 0.692. The van der Waals surface area contributed by atoms with Gasteiger partial charge in [0.25, 0.3) is 0 Å². The molecular formula is C13H22N4O. The molecule has 0 radical (unpaired) electrons. The summed E-state index contributed by atoms with van der Waals surface area (Å²) in [5.41, 5.74) is 1.25. The summed E-state index contributed by atoms with van der Waals surface area (Å²) in [4.78, 5) is 17.7. The van der Waals surface area contributed by atoms with E-state index in [2.05, 4.69) is 26.7 Å². The van der Waals surface area contributed by atoms with Gasteiger partial charge in [0.1, 0.15) is 0 Å². The molecule has 18 heavy (non-hydrogen) atoms. The van der Waals surface area contributed by atoms with E-state index in [1.165, 1.54) is 5.69 Å². The van der Waals surface area contributed by atoms with Crippen LogP contribution in [0.3, 0.4) is 0 Å². The van der Waals surface area contributed by atoms with Gasteiger partial charge in [-0.3, -0.25) is 9.69 Å². The third-order valence-corrected chi connectivity index (χ3v) is 3.44. The first-order valence-corrected chi connectivity index (χ1v) is 6.67. The maximum atomic E-state index is 11.1. The zero-order valence-corrected chi connectivity index (χ0v) is 11.2. The van der Waals surface area contributed by atoms with Gasteiger partial charge in [0.2, 0.25) is 5.91 Å². The summed E-state index contributed by atoms with van der Waals surface area (Å²) in [5, 5.41) is 3.02. The highest BCUT2D eigenvalue weighted by Crippen LogP contribution is 2.13. The Morgan fingerprint density at radius 3 is 3.17 bits per heavy atom. The van der Waals surface area contributed by atoms with Crippen LogP contribution in [-0.4, -0.2) is 39.5 Å². The van der Waals surface area contributed by atoms with Crippen LogP contribution in [0.1, 0.15) is 32.4 Å². The highest BCUT2D eigenvalue weighted by molar-refractivity contribution is 5.73. The van der Waals surface area contributed by atoms with Crippen molar-refractivity contribution in [2.75, 3.05) is 13.1 Å². The van der Waals surface area contributed by atoms with E-state index in [-0.39, 0.29) is 5.91 Å². The van der Waals surface area contributed by atoms with Gasteiger partial charge in [-0.2, -0.15) is 0 Å². The number of hydrogen-bond donors (Lipinski definition) is 1. The number of amides is 1. The zero-order chi connectivity index (χ0) is 13.0. The molecule has 100 valence electrons. The van der Waals surface area contributed by atoms with Crippen molar-refractivity contribution in [3.05, 3.63) is 18.2 Å².